The van der Waals surface area contributed by atoms with Crippen LogP contribution in [0.15, 0.2) is 0 Å². The van der Waals surface area contributed by atoms with Gasteiger partial charge in [-0.2, -0.15) is 0 Å². The van der Waals surface area contributed by atoms with Gasteiger partial charge in [0, 0.05) is 25.7 Å². The van der Waals surface area contributed by atoms with Gasteiger partial charge in [-0.1, -0.05) is 13.8 Å². The lowest BCUT2D eigenvalue weighted by atomic mass is 10.3. The second kappa shape index (κ2) is 6.74. The second-order valence-electron chi connectivity index (χ2n) is 4.53. The van der Waals surface area contributed by atoms with Crippen LogP contribution in [0.25, 0.3) is 0 Å². The maximum atomic E-state index is 11.8. The van der Waals surface area contributed by atoms with Crippen molar-refractivity contribution < 1.29 is 4.79 Å². The van der Waals surface area contributed by atoms with Gasteiger partial charge in [0.1, 0.15) is 0 Å². The van der Waals surface area contributed by atoms with Gasteiger partial charge in [0.2, 0.25) is 0 Å². The van der Waals surface area contributed by atoms with E-state index in [9.17, 15) is 4.79 Å². The lowest BCUT2D eigenvalue weighted by Crippen LogP contribution is -2.47. The summed E-state index contributed by atoms with van der Waals surface area (Å²) >= 11 is 0. The molecular weight excluding hydrogens is 202 g/mol. The van der Waals surface area contributed by atoms with E-state index < -0.39 is 0 Å². The van der Waals surface area contributed by atoms with Crippen LogP contribution >= 0.6 is 0 Å². The van der Waals surface area contributed by atoms with Crippen LogP contribution in [0, 0.1) is 0 Å². The average Bonchev–Trinajstić information content (AvgIpc) is 2.79. The van der Waals surface area contributed by atoms with Gasteiger partial charge in [-0.05, 0) is 32.9 Å². The summed E-state index contributed by atoms with van der Waals surface area (Å²) in [6.07, 6.45) is 2.30. The highest BCUT2D eigenvalue weighted by Gasteiger charge is 2.19. The van der Waals surface area contributed by atoms with Crippen molar-refractivity contribution in [3.8, 4) is 0 Å². The molecular formula is C12H25N3O. The van der Waals surface area contributed by atoms with Crippen molar-refractivity contribution >= 4 is 6.03 Å². The van der Waals surface area contributed by atoms with Crippen LogP contribution in [0.4, 0.5) is 4.79 Å². The van der Waals surface area contributed by atoms with Crippen LogP contribution in [0.3, 0.4) is 0 Å². The monoisotopic (exact) mass is 227 g/mol. The quantitative estimate of drug-likeness (QED) is 0.773. The molecule has 1 atom stereocenters. The number of carbonyl (C=O) groups excluding carboxylic acids is 1. The maximum Gasteiger partial charge on any atom is 0.317 e. The van der Waals surface area contributed by atoms with E-state index in [0.29, 0.717) is 0 Å². The van der Waals surface area contributed by atoms with Gasteiger partial charge in [0.25, 0.3) is 0 Å². The number of hydrogen-bond donors (Lipinski definition) is 1. The highest BCUT2D eigenvalue weighted by molar-refractivity contribution is 5.74. The van der Waals surface area contributed by atoms with E-state index in [1.807, 2.05) is 4.90 Å². The second-order valence-corrected chi connectivity index (χ2v) is 4.53. The molecule has 0 saturated carbocycles. The van der Waals surface area contributed by atoms with Crippen LogP contribution in [-0.4, -0.2) is 54.6 Å². The lowest BCUT2D eigenvalue weighted by Gasteiger charge is -2.25. The highest BCUT2D eigenvalue weighted by atomic mass is 16.2. The topological polar surface area (TPSA) is 35.6 Å². The van der Waals surface area contributed by atoms with Crippen molar-refractivity contribution in [1.82, 2.24) is 15.1 Å². The summed E-state index contributed by atoms with van der Waals surface area (Å²) < 4.78 is 0. The summed E-state index contributed by atoms with van der Waals surface area (Å²) in [6, 6.07) is 0.338. The van der Waals surface area contributed by atoms with Gasteiger partial charge in [-0.3, -0.25) is 0 Å². The zero-order chi connectivity index (χ0) is 12.0. The average molecular weight is 227 g/mol. The summed E-state index contributed by atoms with van der Waals surface area (Å²) in [5.41, 5.74) is 0. The zero-order valence-corrected chi connectivity index (χ0v) is 10.8. The summed E-state index contributed by atoms with van der Waals surface area (Å²) in [4.78, 5) is 16.1. The van der Waals surface area contributed by atoms with Crippen LogP contribution in [0.2, 0.25) is 0 Å². The Kier molecular flexibility index (Phi) is 5.60. The molecule has 0 radical (unpaired) electrons. The summed E-state index contributed by atoms with van der Waals surface area (Å²) in [5.74, 6) is 0. The van der Waals surface area contributed by atoms with Gasteiger partial charge in [-0.25, -0.2) is 4.79 Å². The first-order valence-corrected chi connectivity index (χ1v) is 6.45. The predicted molar refractivity (Wildman–Crippen MR) is 66.6 cm³/mol. The molecule has 1 saturated heterocycles. The van der Waals surface area contributed by atoms with Crippen molar-refractivity contribution in [2.75, 3.05) is 32.7 Å². The van der Waals surface area contributed by atoms with Gasteiger partial charge >= 0.3 is 6.03 Å². The molecule has 4 nitrogen and oxygen atoms in total. The van der Waals surface area contributed by atoms with Crippen molar-refractivity contribution in [2.24, 2.45) is 0 Å². The van der Waals surface area contributed by atoms with Crippen molar-refractivity contribution in [1.29, 1.82) is 0 Å². The number of amides is 2. The van der Waals surface area contributed by atoms with Crippen molar-refractivity contribution in [3.05, 3.63) is 0 Å². The maximum absolute atomic E-state index is 11.8. The van der Waals surface area contributed by atoms with E-state index in [4.69, 9.17) is 0 Å². The Hall–Kier alpha value is -0.770. The number of nitrogens with one attached hydrogen (secondary N) is 1. The number of urea groups is 1. The number of rotatable bonds is 5. The molecule has 1 aliphatic heterocycles. The molecule has 1 N–H and O–H groups in total. The fraction of sp³-hybridized carbons (Fsp3) is 0.917. The molecule has 0 aromatic heterocycles. The molecule has 0 spiro atoms. The molecule has 0 bridgehead atoms. The molecule has 94 valence electrons. The van der Waals surface area contributed by atoms with E-state index in [0.717, 1.165) is 45.6 Å². The van der Waals surface area contributed by atoms with Crippen LogP contribution in [0.1, 0.15) is 33.6 Å². The van der Waals surface area contributed by atoms with Gasteiger partial charge in [0.05, 0.1) is 0 Å². The van der Waals surface area contributed by atoms with Gasteiger partial charge < -0.3 is 15.1 Å². The smallest absolute Gasteiger partial charge is 0.317 e. The molecule has 4 heteroatoms. The predicted octanol–water partition coefficient (Wildman–Crippen LogP) is 1.52. The van der Waals surface area contributed by atoms with Crippen LogP contribution in [0.5, 0.6) is 0 Å². The van der Waals surface area contributed by atoms with E-state index in [-0.39, 0.29) is 12.1 Å². The minimum absolute atomic E-state index is 0.108. The number of likely N-dealkylation sites (N-methyl/N-ethyl adjacent to an activating group) is 1. The molecule has 2 amide bonds. The molecule has 0 aromatic rings. The molecule has 16 heavy (non-hydrogen) atoms. The SMILES string of the molecule is CCN(CC)CC(C)NC(=O)N1CCCC1. The zero-order valence-electron chi connectivity index (χ0n) is 10.8. The number of likely N-dealkylation sites (tertiary alicyclic amines) is 1. The minimum atomic E-state index is 0.108. The first-order chi connectivity index (χ1) is 7.67. The van der Waals surface area contributed by atoms with E-state index in [1.165, 1.54) is 0 Å². The van der Waals surface area contributed by atoms with Crippen LogP contribution in [-0.2, 0) is 0 Å². The number of hydrogen-bond acceptors (Lipinski definition) is 2. The third-order valence-electron chi connectivity index (χ3n) is 3.19. The Morgan fingerprint density at radius 3 is 2.38 bits per heavy atom. The standard InChI is InChI=1S/C12H25N3O/c1-4-14(5-2)10-11(3)13-12(16)15-8-6-7-9-15/h11H,4-10H2,1-3H3,(H,13,16). The fourth-order valence-corrected chi connectivity index (χ4v) is 2.14. The first kappa shape index (κ1) is 13.3. The molecule has 1 fully saturated rings. The molecule has 0 aromatic carbocycles. The van der Waals surface area contributed by atoms with Gasteiger partial charge in [0.15, 0.2) is 0 Å². The molecule has 0 aliphatic carbocycles. The number of carbonyl (C=O) groups is 1. The van der Waals surface area contributed by atoms with Crippen molar-refractivity contribution in [3.63, 3.8) is 0 Å². The lowest BCUT2D eigenvalue weighted by molar-refractivity contribution is 0.198. The Labute approximate surface area is 99.0 Å². The van der Waals surface area contributed by atoms with E-state index in [2.05, 4.69) is 31.0 Å². The fourth-order valence-electron chi connectivity index (χ4n) is 2.14. The Bertz CT molecular complexity index is 210. The Morgan fingerprint density at radius 2 is 1.88 bits per heavy atom. The number of nitrogens with zero attached hydrogens (tertiary/aromatic N) is 2. The Morgan fingerprint density at radius 1 is 1.31 bits per heavy atom. The third kappa shape index (κ3) is 4.00. The Balaban J connectivity index is 2.26. The summed E-state index contributed by atoms with van der Waals surface area (Å²) in [7, 11) is 0. The minimum Gasteiger partial charge on any atom is -0.334 e. The first-order valence-electron chi connectivity index (χ1n) is 6.45. The van der Waals surface area contributed by atoms with Crippen LogP contribution < -0.4 is 5.32 Å². The van der Waals surface area contributed by atoms with Crippen molar-refractivity contribution in [2.45, 2.75) is 39.7 Å². The highest BCUT2D eigenvalue weighted by Crippen LogP contribution is 2.07. The summed E-state index contributed by atoms with van der Waals surface area (Å²) in [5, 5.41) is 3.07. The molecule has 1 aliphatic rings. The third-order valence-corrected chi connectivity index (χ3v) is 3.19. The largest absolute Gasteiger partial charge is 0.334 e. The normalized spacial score (nSPS) is 17.9. The molecule has 1 rings (SSSR count). The van der Waals surface area contributed by atoms with E-state index >= 15 is 0 Å². The molecule has 1 heterocycles. The van der Waals surface area contributed by atoms with Gasteiger partial charge in [-0.15, -0.1) is 0 Å². The molecule has 1 unspecified atom stereocenters. The summed E-state index contributed by atoms with van der Waals surface area (Å²) in [6.45, 7) is 11.2. The van der Waals surface area contributed by atoms with E-state index in [1.54, 1.807) is 0 Å².